The normalized spacial score (nSPS) is 13.6. The molecule has 0 fully saturated rings. The fourth-order valence-electron chi connectivity index (χ4n) is 2.18. The van der Waals surface area contributed by atoms with Crippen LogP contribution in [-0.2, 0) is 0 Å². The second-order valence-corrected chi connectivity index (χ2v) is 5.52. The van der Waals surface area contributed by atoms with Crippen molar-refractivity contribution in [2.45, 2.75) is 26.0 Å². The number of benzene rings is 2. The van der Waals surface area contributed by atoms with Gasteiger partial charge in [0.15, 0.2) is 0 Å². The molecule has 0 saturated carbocycles. The molecule has 2 aromatic carbocycles. The molecule has 0 aliphatic carbocycles. The van der Waals surface area contributed by atoms with Crippen LogP contribution in [0.4, 0.5) is 0 Å². The molecule has 3 nitrogen and oxygen atoms in total. The Kier molecular flexibility index (Phi) is 5.10. The Hall–Kier alpha value is -1.71. The summed E-state index contributed by atoms with van der Waals surface area (Å²) >= 11 is 5.98. The molecular weight excluding hydrogens is 286 g/mol. The van der Waals surface area contributed by atoms with E-state index in [4.69, 9.17) is 26.8 Å². The van der Waals surface area contributed by atoms with E-state index >= 15 is 0 Å². The summed E-state index contributed by atoms with van der Waals surface area (Å²) in [5.74, 6) is 1.57. The van der Waals surface area contributed by atoms with Gasteiger partial charge in [0.25, 0.3) is 0 Å². The molecule has 0 bridgehead atoms. The second kappa shape index (κ2) is 6.83. The van der Waals surface area contributed by atoms with Gasteiger partial charge < -0.3 is 15.2 Å². The number of rotatable bonds is 5. The van der Waals surface area contributed by atoms with E-state index in [0.717, 1.165) is 22.6 Å². The Balaban J connectivity index is 2.30. The molecule has 0 heterocycles. The highest BCUT2D eigenvalue weighted by Gasteiger charge is 2.19. The first-order valence-corrected chi connectivity index (χ1v) is 7.21. The quantitative estimate of drug-likeness (QED) is 0.903. The van der Waals surface area contributed by atoms with Crippen molar-refractivity contribution in [1.82, 2.24) is 0 Å². The molecule has 21 heavy (non-hydrogen) atoms. The van der Waals surface area contributed by atoms with Crippen LogP contribution in [0.5, 0.6) is 11.5 Å². The lowest BCUT2D eigenvalue weighted by Gasteiger charge is -2.24. The van der Waals surface area contributed by atoms with Crippen LogP contribution >= 0.6 is 11.6 Å². The van der Waals surface area contributed by atoms with E-state index in [1.54, 1.807) is 7.11 Å². The summed E-state index contributed by atoms with van der Waals surface area (Å²) < 4.78 is 11.4. The van der Waals surface area contributed by atoms with Gasteiger partial charge in [0.2, 0.25) is 0 Å². The Morgan fingerprint density at radius 1 is 1.14 bits per heavy atom. The molecule has 2 rings (SSSR count). The van der Waals surface area contributed by atoms with E-state index in [-0.39, 0.29) is 12.1 Å². The smallest absolute Gasteiger partial charge is 0.139 e. The first-order chi connectivity index (χ1) is 10.0. The summed E-state index contributed by atoms with van der Waals surface area (Å²) in [6.07, 6.45) is -0.250. The molecule has 0 aliphatic rings. The minimum Gasteiger partial charge on any atom is -0.497 e. The van der Waals surface area contributed by atoms with Gasteiger partial charge in [-0.25, -0.2) is 0 Å². The number of hydrogen-bond donors (Lipinski definition) is 1. The fraction of sp³-hybridized carbons (Fsp3) is 0.294. The third kappa shape index (κ3) is 3.90. The van der Waals surface area contributed by atoms with Crippen LogP contribution in [0.1, 0.15) is 24.2 Å². The standard InChI is InChI=1S/C17H20ClNO2/c1-11-9-14(18)7-8-16(11)21-17(12(2)19)13-5-4-6-15(10-13)20-3/h4-10,12,17H,19H2,1-3H3. The van der Waals surface area contributed by atoms with E-state index < -0.39 is 0 Å². The average molecular weight is 306 g/mol. The molecular formula is C17H20ClNO2. The molecule has 2 N–H and O–H groups in total. The predicted octanol–water partition coefficient (Wildman–Crippen LogP) is 4.12. The van der Waals surface area contributed by atoms with E-state index in [0.29, 0.717) is 5.02 Å². The van der Waals surface area contributed by atoms with Crippen LogP contribution < -0.4 is 15.2 Å². The van der Waals surface area contributed by atoms with Crippen LogP contribution in [0.3, 0.4) is 0 Å². The maximum Gasteiger partial charge on any atom is 0.139 e. The van der Waals surface area contributed by atoms with Crippen LogP contribution in [-0.4, -0.2) is 13.2 Å². The Bertz CT molecular complexity index is 613. The summed E-state index contributed by atoms with van der Waals surface area (Å²) in [5.41, 5.74) is 8.06. The fourth-order valence-corrected chi connectivity index (χ4v) is 2.41. The predicted molar refractivity (Wildman–Crippen MR) is 86.2 cm³/mol. The number of methoxy groups -OCH3 is 1. The molecule has 4 heteroatoms. The van der Waals surface area contributed by atoms with E-state index in [1.165, 1.54) is 0 Å². The second-order valence-electron chi connectivity index (χ2n) is 5.08. The lowest BCUT2D eigenvalue weighted by molar-refractivity contribution is 0.179. The summed E-state index contributed by atoms with van der Waals surface area (Å²) in [6.45, 7) is 3.89. The van der Waals surface area contributed by atoms with Crippen molar-refractivity contribution in [2.75, 3.05) is 7.11 Å². The lowest BCUT2D eigenvalue weighted by atomic mass is 10.0. The van der Waals surface area contributed by atoms with E-state index in [9.17, 15) is 0 Å². The molecule has 2 aromatic rings. The van der Waals surface area contributed by atoms with Gasteiger partial charge >= 0.3 is 0 Å². The maximum absolute atomic E-state index is 6.11. The summed E-state index contributed by atoms with van der Waals surface area (Å²) in [5, 5.41) is 0.693. The zero-order valence-electron chi connectivity index (χ0n) is 12.5. The summed E-state index contributed by atoms with van der Waals surface area (Å²) in [6, 6.07) is 13.2. The highest BCUT2D eigenvalue weighted by molar-refractivity contribution is 6.30. The zero-order chi connectivity index (χ0) is 15.4. The SMILES string of the molecule is COc1cccc(C(Oc2ccc(Cl)cc2C)C(C)N)c1. The first-order valence-electron chi connectivity index (χ1n) is 6.83. The number of nitrogens with two attached hydrogens (primary N) is 1. The van der Waals surface area contributed by atoms with Crippen molar-refractivity contribution in [3.05, 3.63) is 58.6 Å². The maximum atomic E-state index is 6.11. The molecule has 0 amide bonds. The van der Waals surface area contributed by atoms with Gasteiger partial charge in [-0.2, -0.15) is 0 Å². The Morgan fingerprint density at radius 2 is 1.90 bits per heavy atom. The number of hydrogen-bond acceptors (Lipinski definition) is 3. The van der Waals surface area contributed by atoms with Gasteiger partial charge in [-0.1, -0.05) is 23.7 Å². The molecule has 0 radical (unpaired) electrons. The minimum atomic E-state index is -0.250. The van der Waals surface area contributed by atoms with Crippen LogP contribution in [0, 0.1) is 6.92 Å². The number of halogens is 1. The topological polar surface area (TPSA) is 44.5 Å². The van der Waals surface area contributed by atoms with Crippen molar-refractivity contribution in [2.24, 2.45) is 5.73 Å². The summed E-state index contributed by atoms with van der Waals surface area (Å²) in [7, 11) is 1.64. The van der Waals surface area contributed by atoms with Crippen LogP contribution in [0.2, 0.25) is 5.02 Å². The summed E-state index contributed by atoms with van der Waals surface area (Å²) in [4.78, 5) is 0. The molecule has 0 saturated heterocycles. The Morgan fingerprint density at radius 3 is 2.52 bits per heavy atom. The van der Waals surface area contributed by atoms with Crippen molar-refractivity contribution in [1.29, 1.82) is 0 Å². The Labute approximate surface area is 130 Å². The number of aryl methyl sites for hydroxylation is 1. The molecule has 0 aliphatic heterocycles. The van der Waals surface area contributed by atoms with E-state index in [2.05, 4.69) is 0 Å². The van der Waals surface area contributed by atoms with Crippen LogP contribution in [0.15, 0.2) is 42.5 Å². The molecule has 2 atom stereocenters. The first kappa shape index (κ1) is 15.7. The van der Waals surface area contributed by atoms with E-state index in [1.807, 2.05) is 56.3 Å². The van der Waals surface area contributed by atoms with Crippen LogP contribution in [0.25, 0.3) is 0 Å². The molecule has 0 spiro atoms. The highest BCUT2D eigenvalue weighted by Crippen LogP contribution is 2.30. The molecule has 2 unspecified atom stereocenters. The number of ether oxygens (including phenoxy) is 2. The third-order valence-corrected chi connectivity index (χ3v) is 3.53. The zero-order valence-corrected chi connectivity index (χ0v) is 13.2. The highest BCUT2D eigenvalue weighted by atomic mass is 35.5. The van der Waals surface area contributed by atoms with Gasteiger partial charge in [0.1, 0.15) is 17.6 Å². The van der Waals surface area contributed by atoms with Gasteiger partial charge in [-0.05, 0) is 55.3 Å². The van der Waals surface area contributed by atoms with Gasteiger partial charge in [0, 0.05) is 11.1 Å². The monoisotopic (exact) mass is 305 g/mol. The minimum absolute atomic E-state index is 0.160. The van der Waals surface area contributed by atoms with Crippen molar-refractivity contribution in [3.63, 3.8) is 0 Å². The van der Waals surface area contributed by atoms with Crippen molar-refractivity contribution in [3.8, 4) is 11.5 Å². The molecule has 112 valence electrons. The van der Waals surface area contributed by atoms with Gasteiger partial charge in [-0.3, -0.25) is 0 Å². The van der Waals surface area contributed by atoms with Gasteiger partial charge in [-0.15, -0.1) is 0 Å². The molecule has 0 aromatic heterocycles. The largest absolute Gasteiger partial charge is 0.497 e. The average Bonchev–Trinajstić information content (AvgIpc) is 2.46. The van der Waals surface area contributed by atoms with Crippen molar-refractivity contribution < 1.29 is 9.47 Å². The lowest BCUT2D eigenvalue weighted by Crippen LogP contribution is -2.29. The van der Waals surface area contributed by atoms with Gasteiger partial charge in [0.05, 0.1) is 7.11 Å². The third-order valence-electron chi connectivity index (χ3n) is 3.29. The van der Waals surface area contributed by atoms with Crippen molar-refractivity contribution >= 4 is 11.6 Å².